The second-order valence-corrected chi connectivity index (χ2v) is 12.9. The van der Waals surface area contributed by atoms with Crippen LogP contribution in [0.3, 0.4) is 0 Å². The molecule has 6 unspecified atom stereocenters. The Morgan fingerprint density at radius 2 is 1.66 bits per heavy atom. The number of rotatable bonds is 6. The molecule has 3 aromatic rings. The van der Waals surface area contributed by atoms with E-state index in [2.05, 4.69) is 6.58 Å². The number of fused-ring (bicyclic) bond motifs is 4. The Morgan fingerprint density at radius 3 is 2.34 bits per heavy atom. The number of para-hydroxylation sites is 2. The molecule has 10 nitrogen and oxygen atoms in total. The summed E-state index contributed by atoms with van der Waals surface area (Å²) in [6, 6.07) is 17.5. The third-order valence-electron chi connectivity index (χ3n) is 10.6. The molecule has 0 spiro atoms. The van der Waals surface area contributed by atoms with Crippen LogP contribution in [-0.2, 0) is 25.6 Å². The number of carboxylic acid groups (broad SMARTS) is 1. The molecule has 1 saturated carbocycles. The first-order valence-electron chi connectivity index (χ1n) is 15.5. The van der Waals surface area contributed by atoms with Gasteiger partial charge in [-0.3, -0.25) is 19.2 Å². The third-order valence-corrected chi connectivity index (χ3v) is 10.6. The van der Waals surface area contributed by atoms with Gasteiger partial charge in [0.2, 0.25) is 23.6 Å². The van der Waals surface area contributed by atoms with Crippen LogP contribution in [0.2, 0.25) is 0 Å². The number of aromatic carboxylic acids is 1. The predicted octanol–water partition coefficient (Wildman–Crippen LogP) is 4.96. The van der Waals surface area contributed by atoms with Crippen LogP contribution in [0.4, 0.5) is 11.4 Å². The second kappa shape index (κ2) is 10.8. The molecule has 7 rings (SSSR count). The van der Waals surface area contributed by atoms with Crippen LogP contribution < -0.4 is 9.80 Å². The number of benzene rings is 3. The van der Waals surface area contributed by atoms with Crippen molar-refractivity contribution in [3.05, 3.63) is 108 Å². The first-order chi connectivity index (χ1) is 22.5. The van der Waals surface area contributed by atoms with E-state index in [4.69, 9.17) is 0 Å². The molecule has 0 aromatic heterocycles. The van der Waals surface area contributed by atoms with Crippen molar-refractivity contribution >= 4 is 41.0 Å². The molecular weight excluding hydrogens is 600 g/mol. The summed E-state index contributed by atoms with van der Waals surface area (Å²) in [5.41, 5.74) is 0.593. The van der Waals surface area contributed by atoms with Crippen LogP contribution in [0.15, 0.2) is 91.0 Å². The highest BCUT2D eigenvalue weighted by molar-refractivity contribution is 6.25. The molecule has 0 radical (unpaired) electrons. The maximum Gasteiger partial charge on any atom is 0.339 e. The Morgan fingerprint density at radius 1 is 0.915 bits per heavy atom. The fourth-order valence-electron chi connectivity index (χ4n) is 8.44. The lowest BCUT2D eigenvalue weighted by molar-refractivity contribution is -0.131. The van der Waals surface area contributed by atoms with E-state index in [0.29, 0.717) is 23.2 Å². The van der Waals surface area contributed by atoms with Crippen molar-refractivity contribution in [2.75, 3.05) is 9.80 Å². The Hall–Kier alpha value is -5.51. The highest BCUT2D eigenvalue weighted by Crippen LogP contribution is 2.64. The van der Waals surface area contributed by atoms with Gasteiger partial charge < -0.3 is 15.3 Å². The third kappa shape index (κ3) is 4.20. The molecule has 3 fully saturated rings. The lowest BCUT2D eigenvalue weighted by atomic mass is 9.51. The van der Waals surface area contributed by atoms with Gasteiger partial charge in [0, 0.05) is 17.5 Å². The molecule has 10 heteroatoms. The molecule has 2 saturated heterocycles. The van der Waals surface area contributed by atoms with E-state index in [0.717, 1.165) is 22.6 Å². The average molecular weight is 633 g/mol. The summed E-state index contributed by atoms with van der Waals surface area (Å²) in [4.78, 5) is 70.5. The summed E-state index contributed by atoms with van der Waals surface area (Å²) in [5.74, 6) is -7.65. The largest absolute Gasteiger partial charge is 0.507 e. The van der Waals surface area contributed by atoms with Gasteiger partial charge in [-0.15, -0.1) is 6.58 Å². The molecule has 4 amide bonds. The molecule has 238 valence electrons. The van der Waals surface area contributed by atoms with Crippen LogP contribution in [0.5, 0.6) is 11.5 Å². The van der Waals surface area contributed by atoms with Crippen molar-refractivity contribution in [2.45, 2.75) is 32.1 Å². The number of phenols is 2. The van der Waals surface area contributed by atoms with Gasteiger partial charge in [0.05, 0.1) is 34.5 Å². The summed E-state index contributed by atoms with van der Waals surface area (Å²) in [5, 5.41) is 31.3. The molecule has 4 aliphatic rings. The lowest BCUT2D eigenvalue weighted by Crippen LogP contribution is -2.49. The number of nitrogens with zero attached hydrogens (tertiary/aromatic N) is 2. The average Bonchev–Trinajstić information content (AvgIpc) is 3.42. The molecule has 2 heterocycles. The summed E-state index contributed by atoms with van der Waals surface area (Å²) < 4.78 is 0. The van der Waals surface area contributed by atoms with Crippen molar-refractivity contribution in [2.24, 2.45) is 29.1 Å². The van der Waals surface area contributed by atoms with Crippen molar-refractivity contribution < 1.29 is 39.3 Å². The first kappa shape index (κ1) is 30.2. The quantitative estimate of drug-likeness (QED) is 0.255. The molecule has 3 N–H and O–H groups in total. The van der Waals surface area contributed by atoms with Crippen LogP contribution in [-0.4, -0.2) is 44.9 Å². The lowest BCUT2D eigenvalue weighted by Gasteiger charge is -2.49. The number of carbonyl (C=O) groups excluding carboxylic acids is 4. The number of hydrogen-bond acceptors (Lipinski definition) is 7. The van der Waals surface area contributed by atoms with Gasteiger partial charge in [-0.2, -0.15) is 0 Å². The normalized spacial score (nSPS) is 28.1. The summed E-state index contributed by atoms with van der Waals surface area (Å²) in [6.07, 6.45) is 4.25. The van der Waals surface area contributed by atoms with E-state index in [9.17, 15) is 39.3 Å². The van der Waals surface area contributed by atoms with Crippen molar-refractivity contribution in [3.8, 4) is 11.5 Å². The van der Waals surface area contributed by atoms with Crippen molar-refractivity contribution in [3.63, 3.8) is 0 Å². The van der Waals surface area contributed by atoms with Gasteiger partial charge in [0.25, 0.3) is 0 Å². The Bertz CT molecular complexity index is 1930. The number of allylic oxidation sites excluding steroid dienone is 3. The van der Waals surface area contributed by atoms with Gasteiger partial charge in [0.15, 0.2) is 0 Å². The van der Waals surface area contributed by atoms with Crippen LogP contribution in [0, 0.1) is 29.1 Å². The van der Waals surface area contributed by atoms with Gasteiger partial charge >= 0.3 is 5.97 Å². The van der Waals surface area contributed by atoms with Gasteiger partial charge in [-0.05, 0) is 61.9 Å². The number of phenolic OH excluding ortho intramolecular Hbond substituents is 1. The zero-order valence-electron chi connectivity index (χ0n) is 25.5. The molecule has 2 aliphatic carbocycles. The molecule has 6 atom stereocenters. The maximum absolute atomic E-state index is 14.5. The highest BCUT2D eigenvalue weighted by atomic mass is 16.4. The van der Waals surface area contributed by atoms with Crippen LogP contribution >= 0.6 is 0 Å². The van der Waals surface area contributed by atoms with E-state index < -0.39 is 70.4 Å². The summed E-state index contributed by atoms with van der Waals surface area (Å²) in [6.45, 7) is 5.55. The predicted molar refractivity (Wildman–Crippen MR) is 171 cm³/mol. The maximum atomic E-state index is 14.5. The minimum Gasteiger partial charge on any atom is -0.507 e. The number of aromatic hydroxyl groups is 2. The number of imide groups is 2. The van der Waals surface area contributed by atoms with E-state index in [-0.39, 0.29) is 29.8 Å². The molecule has 2 aliphatic heterocycles. The number of hydrogen-bond donors (Lipinski definition) is 3. The standard InChI is InChI=1S/C37H32N2O8/c1-3-8-19-9-7-12-25(31(19)41)30-22-15-16-24-29(34(44)38(32(24)42)21-13-14-23(35(45)46)28(40)17-21)26(22)18-27-33(43)39(36(47)37(27,30)2)20-10-5-4-6-11-20/h3-7,9-15,17,24,26-27,29-30,40-41H,1,8,16,18H2,2H3,(H,45,46). The number of anilines is 2. The van der Waals surface area contributed by atoms with Gasteiger partial charge in [-0.1, -0.05) is 54.1 Å². The van der Waals surface area contributed by atoms with Crippen molar-refractivity contribution in [1.29, 1.82) is 0 Å². The minimum atomic E-state index is -1.35. The zero-order valence-corrected chi connectivity index (χ0v) is 25.5. The SMILES string of the molecule is C=CCc1cccc(C2C3=CCC4C(=O)N(c5ccc(C(=O)O)c(O)c5)C(=O)C4C3CC3C(=O)N(c4ccccc4)C(=O)C32C)c1O. The van der Waals surface area contributed by atoms with Gasteiger partial charge in [-0.25, -0.2) is 14.6 Å². The smallest absolute Gasteiger partial charge is 0.339 e. The fourth-order valence-corrected chi connectivity index (χ4v) is 8.44. The zero-order chi connectivity index (χ0) is 33.4. The summed E-state index contributed by atoms with van der Waals surface area (Å²) in [7, 11) is 0. The highest BCUT2D eigenvalue weighted by Gasteiger charge is 2.68. The van der Waals surface area contributed by atoms with Gasteiger partial charge in [0.1, 0.15) is 17.1 Å². The topological polar surface area (TPSA) is 153 Å². The van der Waals surface area contributed by atoms with E-state index in [1.807, 2.05) is 6.08 Å². The fraction of sp³-hybridized carbons (Fsp3) is 0.270. The number of carbonyl (C=O) groups is 5. The Kier molecular flexibility index (Phi) is 6.93. The second-order valence-electron chi connectivity index (χ2n) is 12.9. The van der Waals surface area contributed by atoms with E-state index in [1.165, 1.54) is 11.0 Å². The van der Waals surface area contributed by atoms with Crippen LogP contribution in [0.1, 0.15) is 47.2 Å². The minimum absolute atomic E-state index is 0.0103. The summed E-state index contributed by atoms with van der Waals surface area (Å²) >= 11 is 0. The molecular formula is C37H32N2O8. The Balaban J connectivity index is 1.37. The first-order valence-corrected chi connectivity index (χ1v) is 15.5. The van der Waals surface area contributed by atoms with Crippen molar-refractivity contribution in [1.82, 2.24) is 0 Å². The molecule has 47 heavy (non-hydrogen) atoms. The monoisotopic (exact) mass is 632 g/mol. The Labute approximate surface area is 270 Å². The molecule has 3 aromatic carbocycles. The number of amides is 4. The van der Waals surface area contributed by atoms with Crippen LogP contribution in [0.25, 0.3) is 0 Å². The number of carboxylic acids is 1. The van der Waals surface area contributed by atoms with E-state index >= 15 is 0 Å². The molecule has 0 bridgehead atoms. The van der Waals surface area contributed by atoms with E-state index in [1.54, 1.807) is 61.5 Å².